The molecule has 1 unspecified atom stereocenters. The molecule has 0 saturated carbocycles. The molecule has 4 aromatic rings. The average molecular weight is 335 g/mol. The predicted molar refractivity (Wildman–Crippen MR) is 92.4 cm³/mol. The van der Waals surface area contributed by atoms with Gasteiger partial charge in [-0.1, -0.05) is 0 Å². The van der Waals surface area contributed by atoms with Gasteiger partial charge in [-0.15, -0.1) is 0 Å². The summed E-state index contributed by atoms with van der Waals surface area (Å²) in [5.74, 6) is 0.502. The Labute approximate surface area is 130 Å². The van der Waals surface area contributed by atoms with Crippen LogP contribution in [0.3, 0.4) is 0 Å². The van der Waals surface area contributed by atoms with Crippen molar-refractivity contribution < 1.29 is 0 Å². The molecule has 0 fully saturated rings. The number of benzene rings is 3. The van der Waals surface area contributed by atoms with Crippen molar-refractivity contribution in [3.63, 3.8) is 0 Å². The zero-order valence-electron chi connectivity index (χ0n) is 11.9. The van der Waals surface area contributed by atoms with E-state index in [0.717, 1.165) is 0 Å². The Bertz CT molecular complexity index is 884. The van der Waals surface area contributed by atoms with Crippen LogP contribution in [0.1, 0.15) is 22.8 Å². The molecule has 0 bridgehead atoms. The number of fused-ring (bicyclic) bond motifs is 2. The molecule has 0 saturated heterocycles. The van der Waals surface area contributed by atoms with E-state index in [0.29, 0.717) is 20.4 Å². The van der Waals surface area contributed by atoms with Gasteiger partial charge in [0, 0.05) is 0 Å². The summed E-state index contributed by atoms with van der Waals surface area (Å²) in [6.07, 6.45) is 0. The van der Waals surface area contributed by atoms with Gasteiger partial charge in [-0.2, -0.15) is 0 Å². The summed E-state index contributed by atoms with van der Waals surface area (Å²) in [4.78, 5) is 0. The first-order valence-corrected chi connectivity index (χ1v) is 9.00. The molecule has 0 radical (unpaired) electrons. The van der Waals surface area contributed by atoms with E-state index in [1.807, 2.05) is 0 Å². The van der Waals surface area contributed by atoms with Gasteiger partial charge >= 0.3 is 131 Å². The summed E-state index contributed by atoms with van der Waals surface area (Å²) in [5.41, 5.74) is 1.43. The fourth-order valence-electron chi connectivity index (χ4n) is 2.86. The van der Waals surface area contributed by atoms with Crippen molar-refractivity contribution >= 4 is 34.9 Å². The van der Waals surface area contributed by atoms with Crippen LogP contribution in [0, 0.1) is 0 Å². The van der Waals surface area contributed by atoms with Crippen molar-refractivity contribution in [1.29, 1.82) is 0 Å². The predicted octanol–water partition coefficient (Wildman–Crippen LogP) is 5.20. The first-order chi connectivity index (χ1) is 10.3. The van der Waals surface area contributed by atoms with Crippen LogP contribution >= 0.6 is 0 Å². The van der Waals surface area contributed by atoms with Gasteiger partial charge in [0.2, 0.25) is 0 Å². The fraction of sp³-hybridized carbons (Fsp3) is 0.100. The molecule has 21 heavy (non-hydrogen) atoms. The number of hydrogen-bond donors (Lipinski definition) is 0. The molecular weight excluding hydrogens is 319 g/mol. The van der Waals surface area contributed by atoms with Gasteiger partial charge in [-0.3, -0.25) is 0 Å². The molecular formula is C20H16Se. The fourth-order valence-corrected chi connectivity index (χ4v) is 5.26. The van der Waals surface area contributed by atoms with Gasteiger partial charge in [0.15, 0.2) is 0 Å². The third kappa shape index (κ3) is 2.33. The van der Waals surface area contributed by atoms with E-state index in [4.69, 9.17) is 0 Å². The van der Waals surface area contributed by atoms with Gasteiger partial charge in [0.25, 0.3) is 0 Å². The molecule has 4 rings (SSSR count). The Morgan fingerprint density at radius 3 is 2.24 bits per heavy atom. The molecule has 0 aliphatic rings. The first-order valence-electron chi connectivity index (χ1n) is 7.28. The number of hydrogen-bond acceptors (Lipinski definition) is 0. The summed E-state index contributed by atoms with van der Waals surface area (Å²) >= 11 is 0.474. The first kappa shape index (κ1) is 12.9. The molecule has 0 aliphatic heterocycles. The Kier molecular flexibility index (Phi) is 3.18. The van der Waals surface area contributed by atoms with Crippen molar-refractivity contribution in [2.45, 2.75) is 12.8 Å². The van der Waals surface area contributed by atoms with Gasteiger partial charge in [-0.05, 0) is 0 Å². The zero-order valence-corrected chi connectivity index (χ0v) is 13.6. The SMILES string of the molecule is CC(c1ccc2ccccc2c1)c1cc2ccccc2[se]1. The third-order valence-corrected chi connectivity index (χ3v) is 6.87. The van der Waals surface area contributed by atoms with Crippen LogP contribution in [0.15, 0.2) is 72.8 Å². The molecule has 1 aromatic heterocycles. The van der Waals surface area contributed by atoms with Crippen molar-refractivity contribution in [2.75, 3.05) is 0 Å². The second-order valence-corrected chi connectivity index (χ2v) is 7.85. The minimum atomic E-state index is 0.474. The molecule has 102 valence electrons. The summed E-state index contributed by atoms with van der Waals surface area (Å²) in [6.45, 7) is 2.34. The minimum absolute atomic E-state index is 0.474. The molecule has 0 spiro atoms. The maximum atomic E-state index is 2.40. The standard InChI is InChI=1S/C20H16Se/c1-14(20-13-18-8-4-5-9-19(18)21-20)16-11-10-15-6-2-3-7-17(15)12-16/h2-14H,1H3. The van der Waals surface area contributed by atoms with E-state index in [1.165, 1.54) is 26.0 Å². The van der Waals surface area contributed by atoms with Crippen LogP contribution in [0.4, 0.5) is 0 Å². The van der Waals surface area contributed by atoms with Crippen LogP contribution in [-0.2, 0) is 0 Å². The van der Waals surface area contributed by atoms with Crippen molar-refractivity contribution in [3.8, 4) is 0 Å². The van der Waals surface area contributed by atoms with Gasteiger partial charge < -0.3 is 0 Å². The van der Waals surface area contributed by atoms with Crippen LogP contribution in [0.5, 0.6) is 0 Å². The van der Waals surface area contributed by atoms with Crippen molar-refractivity contribution in [2.24, 2.45) is 0 Å². The van der Waals surface area contributed by atoms with E-state index in [1.54, 1.807) is 4.44 Å². The monoisotopic (exact) mass is 336 g/mol. The van der Waals surface area contributed by atoms with Crippen LogP contribution in [-0.4, -0.2) is 14.5 Å². The van der Waals surface area contributed by atoms with Gasteiger partial charge in [0.05, 0.1) is 0 Å². The molecule has 1 heterocycles. The van der Waals surface area contributed by atoms with Gasteiger partial charge in [0.1, 0.15) is 0 Å². The van der Waals surface area contributed by atoms with Crippen molar-refractivity contribution in [3.05, 3.63) is 82.8 Å². The summed E-state index contributed by atoms with van der Waals surface area (Å²) < 4.78 is 3.10. The second-order valence-electron chi connectivity index (χ2n) is 5.51. The molecule has 1 heteroatoms. The Morgan fingerprint density at radius 2 is 1.43 bits per heavy atom. The van der Waals surface area contributed by atoms with E-state index in [-0.39, 0.29) is 0 Å². The molecule has 0 aliphatic carbocycles. The van der Waals surface area contributed by atoms with Crippen molar-refractivity contribution in [1.82, 2.24) is 0 Å². The van der Waals surface area contributed by atoms with E-state index < -0.39 is 0 Å². The second kappa shape index (κ2) is 5.18. The van der Waals surface area contributed by atoms with Gasteiger partial charge in [-0.25, -0.2) is 0 Å². The Balaban J connectivity index is 1.79. The topological polar surface area (TPSA) is 0 Å². The zero-order chi connectivity index (χ0) is 14.2. The normalized spacial score (nSPS) is 12.8. The van der Waals surface area contributed by atoms with Crippen LogP contribution < -0.4 is 0 Å². The quantitative estimate of drug-likeness (QED) is 0.442. The van der Waals surface area contributed by atoms with Crippen LogP contribution in [0.2, 0.25) is 0 Å². The molecule has 0 amide bonds. The Morgan fingerprint density at radius 1 is 0.714 bits per heavy atom. The average Bonchev–Trinajstić information content (AvgIpc) is 2.97. The third-order valence-electron chi connectivity index (χ3n) is 4.14. The van der Waals surface area contributed by atoms with E-state index >= 15 is 0 Å². The van der Waals surface area contributed by atoms with Crippen LogP contribution in [0.25, 0.3) is 20.4 Å². The molecule has 0 nitrogen and oxygen atoms in total. The summed E-state index contributed by atoms with van der Waals surface area (Å²) in [7, 11) is 0. The Hall–Kier alpha value is -1.82. The summed E-state index contributed by atoms with van der Waals surface area (Å²) in [5, 5.41) is 4.08. The van der Waals surface area contributed by atoms with E-state index in [9.17, 15) is 0 Å². The summed E-state index contributed by atoms with van der Waals surface area (Å²) in [6, 6.07) is 26.7. The molecule has 1 atom stereocenters. The number of rotatable bonds is 2. The van der Waals surface area contributed by atoms with E-state index in [2.05, 4.69) is 79.7 Å². The maximum absolute atomic E-state index is 2.40. The molecule has 3 aromatic carbocycles. The molecule has 0 N–H and O–H groups in total.